The molecule has 0 bridgehead atoms. The molecule has 0 heterocycles. The van der Waals surface area contributed by atoms with Crippen LogP contribution in [0, 0.1) is 5.41 Å². The third kappa shape index (κ3) is 9.14. The summed E-state index contributed by atoms with van der Waals surface area (Å²) in [7, 11) is 0. The maximum absolute atomic E-state index is 12.6. The third-order valence-corrected chi connectivity index (χ3v) is 5.56. The summed E-state index contributed by atoms with van der Waals surface area (Å²) in [5, 5.41) is 8.68. The van der Waals surface area contributed by atoms with Crippen LogP contribution in [0.1, 0.15) is 63.7 Å². The van der Waals surface area contributed by atoms with Crippen molar-refractivity contribution in [3.05, 3.63) is 52.5 Å². The van der Waals surface area contributed by atoms with Crippen LogP contribution in [0.2, 0.25) is 0 Å². The third-order valence-electron chi connectivity index (χ3n) is 4.74. The van der Waals surface area contributed by atoms with Gasteiger partial charge in [-0.2, -0.15) is 0 Å². The van der Waals surface area contributed by atoms with Gasteiger partial charge in [0.25, 0.3) is 5.91 Å². The van der Waals surface area contributed by atoms with Gasteiger partial charge in [-0.05, 0) is 71.0 Å². The summed E-state index contributed by atoms with van der Waals surface area (Å²) < 4.78 is 6.51. The van der Waals surface area contributed by atoms with Gasteiger partial charge in [0.05, 0.1) is 11.1 Å². The second-order valence-electron chi connectivity index (χ2n) is 8.75. The molecule has 2 amide bonds. The summed E-state index contributed by atoms with van der Waals surface area (Å²) in [6.45, 7) is 8.36. The highest BCUT2D eigenvalue weighted by atomic mass is 79.9. The first-order chi connectivity index (χ1) is 15.6. The molecule has 0 spiro atoms. The summed E-state index contributed by atoms with van der Waals surface area (Å²) in [5.41, 5.74) is 1.25. The smallest absolute Gasteiger partial charge is 0.257 e. The molecule has 3 N–H and O–H groups in total. The Morgan fingerprint density at radius 2 is 1.70 bits per heavy atom. The Kier molecular flexibility index (Phi) is 10.3. The first-order valence-electron chi connectivity index (χ1n) is 11.1. The quantitative estimate of drug-likeness (QED) is 0.252. The molecule has 178 valence electrons. The average Bonchev–Trinajstić information content (AvgIpc) is 2.74. The van der Waals surface area contributed by atoms with Crippen molar-refractivity contribution in [2.24, 2.45) is 5.41 Å². The van der Waals surface area contributed by atoms with E-state index in [4.69, 9.17) is 17.0 Å². The van der Waals surface area contributed by atoms with Crippen LogP contribution < -0.4 is 20.7 Å². The number of amides is 2. The molecule has 0 saturated heterocycles. The van der Waals surface area contributed by atoms with Gasteiger partial charge in [-0.25, -0.2) is 0 Å². The van der Waals surface area contributed by atoms with E-state index in [0.29, 0.717) is 33.8 Å². The lowest BCUT2D eigenvalue weighted by molar-refractivity contribution is -0.123. The number of rotatable bonds is 9. The second kappa shape index (κ2) is 12.7. The minimum Gasteiger partial charge on any atom is -0.492 e. The van der Waals surface area contributed by atoms with Crippen molar-refractivity contribution in [2.75, 3.05) is 17.2 Å². The molecule has 0 unspecified atom stereocenters. The number of hydrogen-bond acceptors (Lipinski definition) is 4. The van der Waals surface area contributed by atoms with E-state index in [1.54, 1.807) is 42.5 Å². The van der Waals surface area contributed by atoms with Crippen LogP contribution in [0.5, 0.6) is 5.75 Å². The van der Waals surface area contributed by atoms with Gasteiger partial charge < -0.3 is 15.4 Å². The van der Waals surface area contributed by atoms with Crippen LogP contribution >= 0.6 is 28.1 Å². The lowest BCUT2D eigenvalue weighted by Gasteiger charge is -2.18. The zero-order valence-electron chi connectivity index (χ0n) is 19.6. The Labute approximate surface area is 210 Å². The fourth-order valence-corrected chi connectivity index (χ4v) is 3.50. The van der Waals surface area contributed by atoms with Gasteiger partial charge in [-0.3, -0.25) is 14.9 Å². The molecule has 2 aromatic carbocycles. The van der Waals surface area contributed by atoms with E-state index in [0.717, 1.165) is 12.8 Å². The topological polar surface area (TPSA) is 79.5 Å². The molecule has 0 saturated carbocycles. The van der Waals surface area contributed by atoms with E-state index in [-0.39, 0.29) is 16.9 Å². The average molecular weight is 535 g/mol. The zero-order chi connectivity index (χ0) is 24.4. The summed E-state index contributed by atoms with van der Waals surface area (Å²) in [4.78, 5) is 24.8. The Morgan fingerprint density at radius 3 is 2.33 bits per heavy atom. The van der Waals surface area contributed by atoms with E-state index < -0.39 is 5.41 Å². The Bertz CT molecular complexity index is 989. The van der Waals surface area contributed by atoms with E-state index in [1.165, 1.54) is 12.8 Å². The zero-order valence-corrected chi connectivity index (χ0v) is 22.0. The van der Waals surface area contributed by atoms with Gasteiger partial charge in [0.1, 0.15) is 5.75 Å². The van der Waals surface area contributed by atoms with Crippen molar-refractivity contribution in [3.8, 4) is 5.75 Å². The monoisotopic (exact) mass is 533 g/mol. The van der Waals surface area contributed by atoms with Gasteiger partial charge in [0.2, 0.25) is 5.91 Å². The molecule has 2 rings (SSSR count). The molecule has 0 fully saturated rings. The number of nitrogens with one attached hydrogen (secondary N) is 3. The molecular weight excluding hydrogens is 502 g/mol. The molecule has 8 heteroatoms. The number of thiocarbonyl (C=S) groups is 1. The van der Waals surface area contributed by atoms with Crippen LogP contribution in [0.4, 0.5) is 11.4 Å². The predicted molar refractivity (Wildman–Crippen MR) is 142 cm³/mol. The lowest BCUT2D eigenvalue weighted by atomic mass is 9.95. The Morgan fingerprint density at radius 1 is 1.00 bits per heavy atom. The molecule has 0 aliphatic carbocycles. The number of benzene rings is 2. The lowest BCUT2D eigenvalue weighted by Crippen LogP contribution is -2.34. The minimum absolute atomic E-state index is 0.0884. The van der Waals surface area contributed by atoms with Crippen LogP contribution in [0.25, 0.3) is 0 Å². The number of halogens is 1. The standard InChI is InChI=1S/C25H32BrN3O3S/c1-5-6-7-8-14-32-21-13-12-17(15-20(21)26)22(30)29-24(33)28-19-11-9-10-18(16-19)27-23(31)25(2,3)4/h9-13,15-16H,5-8,14H2,1-4H3,(H,27,31)(H2,28,29,30,33). The summed E-state index contributed by atoms with van der Waals surface area (Å²) in [6, 6.07) is 12.3. The highest BCUT2D eigenvalue weighted by Gasteiger charge is 2.21. The van der Waals surface area contributed by atoms with E-state index in [9.17, 15) is 9.59 Å². The summed E-state index contributed by atoms with van der Waals surface area (Å²) in [6.07, 6.45) is 4.53. The number of anilines is 2. The van der Waals surface area contributed by atoms with Crippen LogP contribution in [0.3, 0.4) is 0 Å². The van der Waals surface area contributed by atoms with Crippen molar-refractivity contribution >= 4 is 56.4 Å². The first-order valence-corrected chi connectivity index (χ1v) is 12.3. The minimum atomic E-state index is -0.503. The predicted octanol–water partition coefficient (Wildman–Crippen LogP) is 6.52. The molecule has 0 aliphatic rings. The van der Waals surface area contributed by atoms with Crippen molar-refractivity contribution in [1.29, 1.82) is 0 Å². The van der Waals surface area contributed by atoms with Gasteiger partial charge in [-0.15, -0.1) is 0 Å². The molecule has 6 nitrogen and oxygen atoms in total. The Balaban J connectivity index is 1.91. The van der Waals surface area contributed by atoms with Crippen molar-refractivity contribution < 1.29 is 14.3 Å². The van der Waals surface area contributed by atoms with Crippen LogP contribution in [-0.4, -0.2) is 23.5 Å². The molecule has 0 aliphatic heterocycles. The van der Waals surface area contributed by atoms with Crippen molar-refractivity contribution in [1.82, 2.24) is 5.32 Å². The maximum Gasteiger partial charge on any atom is 0.257 e. The number of carbonyl (C=O) groups is 2. The fourth-order valence-electron chi connectivity index (χ4n) is 2.80. The number of unbranched alkanes of at least 4 members (excludes halogenated alkanes) is 3. The van der Waals surface area contributed by atoms with Gasteiger partial charge >= 0.3 is 0 Å². The van der Waals surface area contributed by atoms with Crippen LogP contribution in [-0.2, 0) is 4.79 Å². The maximum atomic E-state index is 12.6. The fraction of sp³-hybridized carbons (Fsp3) is 0.400. The van der Waals surface area contributed by atoms with Crippen molar-refractivity contribution in [2.45, 2.75) is 53.4 Å². The van der Waals surface area contributed by atoms with Gasteiger partial charge in [0, 0.05) is 22.4 Å². The Hall–Kier alpha value is -2.45. The number of ether oxygens (including phenoxy) is 1. The van der Waals surface area contributed by atoms with Crippen molar-refractivity contribution in [3.63, 3.8) is 0 Å². The molecular formula is C25H32BrN3O3S. The molecule has 0 radical (unpaired) electrons. The molecule has 0 atom stereocenters. The van der Waals surface area contributed by atoms with E-state index in [1.807, 2.05) is 20.8 Å². The highest BCUT2D eigenvalue weighted by Crippen LogP contribution is 2.26. The summed E-state index contributed by atoms with van der Waals surface area (Å²) in [5.74, 6) is 0.284. The molecule has 0 aromatic heterocycles. The van der Waals surface area contributed by atoms with Gasteiger partial charge in [-0.1, -0.05) is 53.0 Å². The normalized spacial score (nSPS) is 10.9. The largest absolute Gasteiger partial charge is 0.492 e. The van der Waals surface area contributed by atoms with Crippen LogP contribution in [0.15, 0.2) is 46.9 Å². The van der Waals surface area contributed by atoms with E-state index >= 15 is 0 Å². The number of hydrogen-bond donors (Lipinski definition) is 3. The second-order valence-corrected chi connectivity index (χ2v) is 10.0. The highest BCUT2D eigenvalue weighted by molar-refractivity contribution is 9.10. The SMILES string of the molecule is CCCCCCOc1ccc(C(=O)NC(=S)Nc2cccc(NC(=O)C(C)(C)C)c2)cc1Br. The number of carbonyl (C=O) groups excluding carboxylic acids is 2. The van der Waals surface area contributed by atoms with E-state index in [2.05, 4.69) is 38.8 Å². The molecule has 33 heavy (non-hydrogen) atoms. The summed E-state index contributed by atoms with van der Waals surface area (Å²) >= 11 is 8.76. The first kappa shape index (κ1) is 26.8. The molecule has 2 aromatic rings. The van der Waals surface area contributed by atoms with Gasteiger partial charge in [0.15, 0.2) is 5.11 Å².